The van der Waals surface area contributed by atoms with E-state index in [9.17, 15) is 9.59 Å². The van der Waals surface area contributed by atoms with Crippen molar-refractivity contribution < 1.29 is 14.3 Å². The maximum atomic E-state index is 12.7. The summed E-state index contributed by atoms with van der Waals surface area (Å²) in [5.41, 5.74) is 1.86. The molecule has 2 aromatic rings. The summed E-state index contributed by atoms with van der Waals surface area (Å²) in [5.74, 6) is 0.371. The molecule has 0 fully saturated rings. The first-order valence-electron chi connectivity index (χ1n) is 9.19. The van der Waals surface area contributed by atoms with Gasteiger partial charge >= 0.3 is 0 Å². The lowest BCUT2D eigenvalue weighted by atomic mass is 10.1. The van der Waals surface area contributed by atoms with E-state index < -0.39 is 6.10 Å². The number of hydrogen-bond donors (Lipinski definition) is 1. The van der Waals surface area contributed by atoms with Gasteiger partial charge in [-0.1, -0.05) is 22.0 Å². The van der Waals surface area contributed by atoms with E-state index in [-0.39, 0.29) is 11.8 Å². The molecule has 0 aromatic heterocycles. The van der Waals surface area contributed by atoms with Crippen LogP contribution in [0.3, 0.4) is 0 Å². The molecule has 0 saturated carbocycles. The highest BCUT2D eigenvalue weighted by Crippen LogP contribution is 2.36. The molecule has 148 valence electrons. The molecule has 1 heterocycles. The zero-order valence-corrected chi connectivity index (χ0v) is 17.8. The number of rotatable bonds is 6. The Morgan fingerprint density at radius 1 is 1.25 bits per heavy atom. The lowest BCUT2D eigenvalue weighted by Gasteiger charge is -2.33. The average Bonchev–Trinajstić information content (AvgIpc) is 2.65. The number of carbonyl (C=O) groups is 2. The third kappa shape index (κ3) is 4.72. The summed E-state index contributed by atoms with van der Waals surface area (Å²) in [6, 6.07) is 12.6. The molecule has 1 aliphatic heterocycles. The number of hydrogen-bond acceptors (Lipinski definition) is 4. The van der Waals surface area contributed by atoms with Crippen LogP contribution in [0.1, 0.15) is 23.7 Å². The van der Waals surface area contributed by atoms with Crippen molar-refractivity contribution in [3.05, 3.63) is 52.5 Å². The first-order valence-corrected chi connectivity index (χ1v) is 9.98. The number of anilines is 2. The maximum Gasteiger partial charge on any atom is 0.267 e. The minimum Gasteiger partial charge on any atom is -0.479 e. The number of carbonyl (C=O) groups excluding carboxylic acids is 2. The Bertz CT molecular complexity index is 885. The molecule has 0 radical (unpaired) electrons. The zero-order chi connectivity index (χ0) is 20.3. The van der Waals surface area contributed by atoms with Crippen molar-refractivity contribution in [2.75, 3.05) is 37.4 Å². The summed E-state index contributed by atoms with van der Waals surface area (Å²) in [6.45, 7) is 3.24. The predicted molar refractivity (Wildman–Crippen MR) is 114 cm³/mol. The fourth-order valence-electron chi connectivity index (χ4n) is 3.09. The molecule has 2 aromatic carbocycles. The summed E-state index contributed by atoms with van der Waals surface area (Å²) in [5, 5.41) is 2.89. The minimum absolute atomic E-state index is 0.0678. The molecule has 1 N–H and O–H groups in total. The van der Waals surface area contributed by atoms with Gasteiger partial charge in [-0.05, 0) is 70.4 Å². The highest BCUT2D eigenvalue weighted by molar-refractivity contribution is 9.10. The van der Waals surface area contributed by atoms with Crippen molar-refractivity contribution in [3.63, 3.8) is 0 Å². The number of nitrogens with one attached hydrogen (secondary N) is 1. The fraction of sp³-hybridized carbons (Fsp3) is 0.333. The van der Waals surface area contributed by atoms with E-state index in [4.69, 9.17) is 4.74 Å². The van der Waals surface area contributed by atoms with Crippen LogP contribution in [-0.2, 0) is 4.79 Å². The van der Waals surface area contributed by atoms with Crippen LogP contribution in [-0.4, -0.2) is 50.0 Å². The first kappa shape index (κ1) is 20.4. The molecule has 1 atom stereocenters. The van der Waals surface area contributed by atoms with Crippen LogP contribution in [0.15, 0.2) is 46.9 Å². The van der Waals surface area contributed by atoms with Gasteiger partial charge in [-0.15, -0.1) is 0 Å². The lowest BCUT2D eigenvalue weighted by molar-refractivity contribution is -0.125. The molecule has 2 amide bonds. The van der Waals surface area contributed by atoms with Gasteiger partial charge in [0.1, 0.15) is 5.75 Å². The molecule has 0 spiro atoms. The second-order valence-electron chi connectivity index (χ2n) is 7.05. The Morgan fingerprint density at radius 2 is 2.04 bits per heavy atom. The number of ether oxygens (including phenoxy) is 1. The summed E-state index contributed by atoms with van der Waals surface area (Å²) >= 11 is 3.38. The van der Waals surface area contributed by atoms with Crippen molar-refractivity contribution >= 4 is 39.1 Å². The van der Waals surface area contributed by atoms with E-state index in [2.05, 4.69) is 26.1 Å². The molecule has 3 rings (SSSR count). The Hall–Kier alpha value is -2.38. The molecule has 6 nitrogen and oxygen atoms in total. The van der Waals surface area contributed by atoms with Crippen molar-refractivity contribution in [1.29, 1.82) is 0 Å². The third-order valence-electron chi connectivity index (χ3n) is 4.50. The molecular weight excluding hydrogens is 422 g/mol. The minimum atomic E-state index is -0.519. The summed E-state index contributed by atoms with van der Waals surface area (Å²) in [6.07, 6.45) is 0.327. The monoisotopic (exact) mass is 445 g/mol. The van der Waals surface area contributed by atoms with Gasteiger partial charge in [0.15, 0.2) is 6.10 Å². The van der Waals surface area contributed by atoms with Crippen LogP contribution >= 0.6 is 15.9 Å². The molecule has 0 aliphatic carbocycles. The van der Waals surface area contributed by atoms with Crippen LogP contribution in [0, 0.1) is 0 Å². The van der Waals surface area contributed by atoms with E-state index in [1.807, 2.05) is 26.2 Å². The molecule has 1 unspecified atom stereocenters. The van der Waals surface area contributed by atoms with E-state index in [0.717, 1.165) is 17.4 Å². The lowest BCUT2D eigenvalue weighted by Crippen LogP contribution is -2.45. The smallest absolute Gasteiger partial charge is 0.267 e. The Morgan fingerprint density at radius 3 is 2.75 bits per heavy atom. The van der Waals surface area contributed by atoms with Crippen molar-refractivity contribution in [2.45, 2.75) is 19.4 Å². The molecule has 0 saturated heterocycles. The normalized spacial score (nSPS) is 16.0. The molecule has 1 aliphatic rings. The largest absolute Gasteiger partial charge is 0.479 e. The number of amides is 2. The van der Waals surface area contributed by atoms with E-state index >= 15 is 0 Å². The van der Waals surface area contributed by atoms with Gasteiger partial charge in [-0.2, -0.15) is 0 Å². The van der Waals surface area contributed by atoms with Crippen molar-refractivity contribution in [3.8, 4) is 5.75 Å². The number of fused-ring (bicyclic) bond motifs is 1. The topological polar surface area (TPSA) is 61.9 Å². The number of halogens is 1. The van der Waals surface area contributed by atoms with Gasteiger partial charge in [0.25, 0.3) is 11.8 Å². The molecule has 7 heteroatoms. The van der Waals surface area contributed by atoms with Gasteiger partial charge < -0.3 is 19.9 Å². The van der Waals surface area contributed by atoms with Crippen molar-refractivity contribution in [1.82, 2.24) is 4.90 Å². The van der Waals surface area contributed by atoms with Crippen molar-refractivity contribution in [2.24, 2.45) is 0 Å². The van der Waals surface area contributed by atoms with Crippen LogP contribution in [0.25, 0.3) is 0 Å². The quantitative estimate of drug-likeness (QED) is 0.734. The van der Waals surface area contributed by atoms with Crippen LogP contribution < -0.4 is 15.0 Å². The maximum absolute atomic E-state index is 12.7. The standard InChI is InChI=1S/C21H24BrN3O3/c1-14-21(27)25(11-5-10-24(2)3)18-13-17(8-9-19(18)28-14)23-20(26)15-6-4-7-16(22)12-15/h4,6-9,12-14H,5,10-11H2,1-3H3,(H,23,26). The first-order chi connectivity index (χ1) is 13.3. The van der Waals surface area contributed by atoms with Gasteiger partial charge in [-0.25, -0.2) is 0 Å². The van der Waals surface area contributed by atoms with Gasteiger partial charge in [-0.3, -0.25) is 9.59 Å². The fourth-order valence-corrected chi connectivity index (χ4v) is 3.49. The van der Waals surface area contributed by atoms with E-state index in [0.29, 0.717) is 29.2 Å². The van der Waals surface area contributed by atoms with Crippen LogP contribution in [0.4, 0.5) is 11.4 Å². The summed E-state index contributed by atoms with van der Waals surface area (Å²) < 4.78 is 6.58. The van der Waals surface area contributed by atoms with Crippen LogP contribution in [0.2, 0.25) is 0 Å². The Labute approximate surface area is 173 Å². The Balaban J connectivity index is 1.82. The van der Waals surface area contributed by atoms with Gasteiger partial charge in [0.2, 0.25) is 0 Å². The highest BCUT2D eigenvalue weighted by atomic mass is 79.9. The van der Waals surface area contributed by atoms with Gasteiger partial charge in [0.05, 0.1) is 5.69 Å². The SMILES string of the molecule is CC1Oc2ccc(NC(=O)c3cccc(Br)c3)cc2N(CCCN(C)C)C1=O. The van der Waals surface area contributed by atoms with Gasteiger partial charge in [0, 0.05) is 22.3 Å². The molecule has 0 bridgehead atoms. The second-order valence-corrected chi connectivity index (χ2v) is 7.97. The third-order valence-corrected chi connectivity index (χ3v) is 4.99. The molecular formula is C21H24BrN3O3. The van der Waals surface area contributed by atoms with Crippen LogP contribution in [0.5, 0.6) is 5.75 Å². The summed E-state index contributed by atoms with van der Waals surface area (Å²) in [4.78, 5) is 29.0. The average molecular weight is 446 g/mol. The number of benzene rings is 2. The highest BCUT2D eigenvalue weighted by Gasteiger charge is 2.31. The molecule has 28 heavy (non-hydrogen) atoms. The Kier molecular flexibility index (Phi) is 6.36. The zero-order valence-electron chi connectivity index (χ0n) is 16.2. The van der Waals surface area contributed by atoms with E-state index in [1.54, 1.807) is 42.2 Å². The second kappa shape index (κ2) is 8.75. The van der Waals surface area contributed by atoms with E-state index in [1.165, 1.54) is 0 Å². The summed E-state index contributed by atoms with van der Waals surface area (Å²) in [7, 11) is 4.01. The number of nitrogens with zero attached hydrogens (tertiary/aromatic N) is 2. The predicted octanol–water partition coefficient (Wildman–Crippen LogP) is 3.77.